The van der Waals surface area contributed by atoms with Crippen molar-refractivity contribution in [3.63, 3.8) is 0 Å². The number of halogens is 1. The van der Waals surface area contributed by atoms with Crippen LogP contribution < -0.4 is 5.32 Å². The van der Waals surface area contributed by atoms with Crippen LogP contribution in [0.5, 0.6) is 0 Å². The third kappa shape index (κ3) is 5.41. The second kappa shape index (κ2) is 9.13. The zero-order valence-corrected chi connectivity index (χ0v) is 15.4. The highest BCUT2D eigenvalue weighted by atomic mass is 19.1. The lowest BCUT2D eigenvalue weighted by molar-refractivity contribution is -0.140. The van der Waals surface area contributed by atoms with Gasteiger partial charge in [0.15, 0.2) is 0 Å². The van der Waals surface area contributed by atoms with Crippen molar-refractivity contribution in [3.05, 3.63) is 71.5 Å². The predicted molar refractivity (Wildman–Crippen MR) is 99.8 cm³/mol. The minimum atomic E-state index is -0.701. The van der Waals surface area contributed by atoms with E-state index in [9.17, 15) is 14.0 Å². The Balaban J connectivity index is 2.23. The summed E-state index contributed by atoms with van der Waals surface area (Å²) in [5.74, 6) is -0.856. The molecule has 2 amide bonds. The Morgan fingerprint density at radius 3 is 2.23 bits per heavy atom. The van der Waals surface area contributed by atoms with Gasteiger partial charge in [-0.15, -0.1) is 0 Å². The van der Waals surface area contributed by atoms with Crippen molar-refractivity contribution in [2.75, 3.05) is 0 Å². The molecule has 0 bridgehead atoms. The second-order valence-electron chi connectivity index (χ2n) is 6.61. The van der Waals surface area contributed by atoms with Crippen LogP contribution in [-0.4, -0.2) is 28.8 Å². The van der Waals surface area contributed by atoms with E-state index >= 15 is 0 Å². The molecule has 0 aliphatic rings. The maximum absolute atomic E-state index is 14.1. The van der Waals surface area contributed by atoms with Crippen LogP contribution in [0.2, 0.25) is 0 Å². The van der Waals surface area contributed by atoms with Gasteiger partial charge in [-0.3, -0.25) is 9.59 Å². The van der Waals surface area contributed by atoms with E-state index in [-0.39, 0.29) is 36.6 Å². The zero-order chi connectivity index (χ0) is 19.1. The van der Waals surface area contributed by atoms with E-state index < -0.39 is 6.04 Å². The molecule has 2 aromatic rings. The summed E-state index contributed by atoms with van der Waals surface area (Å²) in [4.78, 5) is 26.7. The van der Waals surface area contributed by atoms with Gasteiger partial charge in [0.1, 0.15) is 11.9 Å². The highest BCUT2D eigenvalue weighted by Gasteiger charge is 2.27. The van der Waals surface area contributed by atoms with Crippen LogP contribution in [0.1, 0.15) is 31.9 Å². The summed E-state index contributed by atoms with van der Waals surface area (Å²) in [7, 11) is 0. The minimum absolute atomic E-state index is 0.0375. The highest BCUT2D eigenvalue weighted by molar-refractivity contribution is 5.88. The molecular formula is C21H25FN2O2. The van der Waals surface area contributed by atoms with Gasteiger partial charge in [0.25, 0.3) is 0 Å². The third-order valence-electron chi connectivity index (χ3n) is 4.09. The summed E-state index contributed by atoms with van der Waals surface area (Å²) in [6.45, 7) is 5.43. The number of benzene rings is 2. The van der Waals surface area contributed by atoms with Crippen LogP contribution in [-0.2, 0) is 22.6 Å². The maximum Gasteiger partial charge on any atom is 0.242 e. The van der Waals surface area contributed by atoms with Crippen molar-refractivity contribution >= 4 is 11.8 Å². The summed E-state index contributed by atoms with van der Waals surface area (Å²) in [6.07, 6.45) is 0.161. The summed E-state index contributed by atoms with van der Waals surface area (Å²) >= 11 is 0. The average molecular weight is 356 g/mol. The fraction of sp³-hybridized carbons (Fsp3) is 0.333. The van der Waals surface area contributed by atoms with Gasteiger partial charge in [0, 0.05) is 18.2 Å². The van der Waals surface area contributed by atoms with Gasteiger partial charge in [0.2, 0.25) is 11.8 Å². The van der Waals surface area contributed by atoms with E-state index in [1.165, 1.54) is 11.0 Å². The number of carbonyl (C=O) groups is 2. The fourth-order valence-corrected chi connectivity index (χ4v) is 2.67. The maximum atomic E-state index is 14.1. The van der Waals surface area contributed by atoms with Gasteiger partial charge in [0.05, 0.1) is 6.42 Å². The molecule has 4 nitrogen and oxygen atoms in total. The number of rotatable bonds is 7. The number of carbonyl (C=O) groups excluding carboxylic acids is 2. The zero-order valence-electron chi connectivity index (χ0n) is 15.4. The van der Waals surface area contributed by atoms with E-state index in [1.807, 2.05) is 44.2 Å². The monoisotopic (exact) mass is 356 g/mol. The number of hydrogen-bond acceptors (Lipinski definition) is 2. The van der Waals surface area contributed by atoms with Crippen LogP contribution in [0.3, 0.4) is 0 Å². The summed E-state index contributed by atoms with van der Waals surface area (Å²) in [5, 5.41) is 2.82. The molecular weight excluding hydrogens is 331 g/mol. The van der Waals surface area contributed by atoms with Crippen molar-refractivity contribution in [2.24, 2.45) is 0 Å². The molecule has 5 heteroatoms. The molecule has 0 aliphatic heterocycles. The fourth-order valence-electron chi connectivity index (χ4n) is 2.67. The predicted octanol–water partition coefficient (Wildman–Crippen LogP) is 3.31. The van der Waals surface area contributed by atoms with E-state index in [0.29, 0.717) is 5.56 Å². The van der Waals surface area contributed by atoms with Crippen molar-refractivity contribution < 1.29 is 14.0 Å². The number of nitrogens with zero attached hydrogens (tertiary/aromatic N) is 1. The number of amides is 2. The molecule has 0 radical (unpaired) electrons. The molecule has 0 saturated carbocycles. The van der Waals surface area contributed by atoms with E-state index in [0.717, 1.165) is 5.56 Å². The molecule has 138 valence electrons. The summed E-state index contributed by atoms with van der Waals surface area (Å²) in [6, 6.07) is 14.9. The largest absolute Gasteiger partial charge is 0.352 e. The van der Waals surface area contributed by atoms with Crippen LogP contribution in [0.25, 0.3) is 0 Å². The Hall–Kier alpha value is -2.69. The Kier molecular flexibility index (Phi) is 6.89. The van der Waals surface area contributed by atoms with Crippen LogP contribution >= 0.6 is 0 Å². The Morgan fingerprint density at radius 1 is 1.00 bits per heavy atom. The Bertz CT molecular complexity index is 747. The van der Waals surface area contributed by atoms with Gasteiger partial charge in [-0.05, 0) is 32.4 Å². The Morgan fingerprint density at radius 2 is 1.62 bits per heavy atom. The van der Waals surface area contributed by atoms with E-state index in [2.05, 4.69) is 5.32 Å². The first kappa shape index (κ1) is 19.6. The normalized spacial score (nSPS) is 11.9. The molecule has 0 aliphatic carbocycles. The molecule has 0 unspecified atom stereocenters. The van der Waals surface area contributed by atoms with Gasteiger partial charge in [-0.25, -0.2) is 4.39 Å². The molecule has 2 rings (SSSR count). The van der Waals surface area contributed by atoms with Crippen LogP contribution in [0.4, 0.5) is 4.39 Å². The molecule has 1 atom stereocenters. The van der Waals surface area contributed by atoms with Gasteiger partial charge >= 0.3 is 0 Å². The highest BCUT2D eigenvalue weighted by Crippen LogP contribution is 2.15. The Labute approximate surface area is 154 Å². The van der Waals surface area contributed by atoms with Crippen LogP contribution in [0, 0.1) is 5.82 Å². The molecule has 0 spiro atoms. The van der Waals surface area contributed by atoms with Gasteiger partial charge in [-0.1, -0.05) is 48.5 Å². The van der Waals surface area contributed by atoms with E-state index in [1.54, 1.807) is 25.1 Å². The topological polar surface area (TPSA) is 49.4 Å². The third-order valence-corrected chi connectivity index (χ3v) is 4.09. The summed E-state index contributed by atoms with van der Waals surface area (Å²) in [5.41, 5.74) is 1.24. The minimum Gasteiger partial charge on any atom is -0.352 e. The first-order valence-electron chi connectivity index (χ1n) is 8.75. The molecule has 26 heavy (non-hydrogen) atoms. The lowest BCUT2D eigenvalue weighted by Gasteiger charge is -2.29. The van der Waals surface area contributed by atoms with Gasteiger partial charge < -0.3 is 10.2 Å². The molecule has 0 aromatic heterocycles. The molecule has 0 saturated heterocycles. The number of hydrogen-bond donors (Lipinski definition) is 1. The number of nitrogens with one attached hydrogen (secondary N) is 1. The molecule has 0 heterocycles. The first-order chi connectivity index (χ1) is 12.4. The van der Waals surface area contributed by atoms with Crippen molar-refractivity contribution in [1.29, 1.82) is 0 Å². The second-order valence-corrected chi connectivity index (χ2v) is 6.61. The van der Waals surface area contributed by atoms with Gasteiger partial charge in [-0.2, -0.15) is 0 Å². The smallest absolute Gasteiger partial charge is 0.242 e. The lowest BCUT2D eigenvalue weighted by Crippen LogP contribution is -2.49. The standard InChI is InChI=1S/C21H25FN2O2/c1-15(2)23-21(26)16(3)24(14-18-11-7-8-12-19(18)22)20(25)13-17-9-5-4-6-10-17/h4-12,15-16H,13-14H2,1-3H3,(H,23,26)/t16-/m1/s1. The summed E-state index contributed by atoms with van der Waals surface area (Å²) < 4.78 is 14.1. The molecule has 2 aromatic carbocycles. The van der Waals surface area contributed by atoms with Crippen molar-refractivity contribution in [2.45, 2.75) is 45.8 Å². The first-order valence-corrected chi connectivity index (χ1v) is 8.75. The van der Waals surface area contributed by atoms with Crippen molar-refractivity contribution in [1.82, 2.24) is 10.2 Å². The SMILES string of the molecule is CC(C)NC(=O)[C@@H](C)N(Cc1ccccc1F)C(=O)Cc1ccccc1. The van der Waals surface area contributed by atoms with Crippen molar-refractivity contribution in [3.8, 4) is 0 Å². The molecule has 0 fully saturated rings. The lowest BCUT2D eigenvalue weighted by atomic mass is 10.1. The van der Waals surface area contributed by atoms with E-state index in [4.69, 9.17) is 0 Å². The molecule has 1 N–H and O–H groups in total. The average Bonchev–Trinajstić information content (AvgIpc) is 2.60. The van der Waals surface area contributed by atoms with Crippen LogP contribution in [0.15, 0.2) is 54.6 Å². The quantitative estimate of drug-likeness (QED) is 0.827.